The van der Waals surface area contributed by atoms with E-state index in [1.54, 1.807) is 11.8 Å². The smallest absolute Gasteiger partial charge is 0.222 e. The number of carbonyl (C=O) groups is 1. The fraction of sp³-hybridized carbons (Fsp3) is 0.889. The fourth-order valence-corrected chi connectivity index (χ4v) is 5.55. The van der Waals surface area contributed by atoms with Crippen LogP contribution in [0.1, 0.15) is 70.3 Å². The summed E-state index contributed by atoms with van der Waals surface area (Å²) in [6.45, 7) is 0. The lowest BCUT2D eigenvalue weighted by Gasteiger charge is -2.31. The second kappa shape index (κ2) is 10.3. The highest BCUT2D eigenvalue weighted by Crippen LogP contribution is 2.36. The molecule has 2 aliphatic carbocycles. The first kappa shape index (κ1) is 21.2. The lowest BCUT2D eigenvalue weighted by atomic mass is 9.94. The molecule has 0 bridgehead atoms. The first-order valence-corrected chi connectivity index (χ1v) is 11.9. The van der Waals surface area contributed by atoms with Crippen LogP contribution in [-0.4, -0.2) is 60.6 Å². The second-order valence-electron chi connectivity index (χ2n) is 7.65. The zero-order valence-electron chi connectivity index (χ0n) is 15.9. The summed E-state index contributed by atoms with van der Waals surface area (Å²) in [5.41, 5.74) is 0. The molecule has 6 nitrogen and oxygen atoms in total. The van der Waals surface area contributed by atoms with E-state index in [2.05, 4.69) is 15.5 Å². The molecule has 2 fully saturated rings. The van der Waals surface area contributed by atoms with Crippen molar-refractivity contribution >= 4 is 40.9 Å². The maximum absolute atomic E-state index is 12.4. The minimum Gasteiger partial charge on any atom is -0.343 e. The predicted octanol–water partition coefficient (Wildman–Crippen LogP) is 4.28. The Balaban J connectivity index is 1.44. The summed E-state index contributed by atoms with van der Waals surface area (Å²) in [6.07, 6.45) is 10.1. The van der Waals surface area contributed by atoms with Crippen molar-refractivity contribution in [1.82, 2.24) is 25.1 Å². The molecule has 2 saturated carbocycles. The Morgan fingerprint density at radius 3 is 2.78 bits per heavy atom. The molecule has 0 N–H and O–H groups in total. The second-order valence-corrected chi connectivity index (χ2v) is 9.89. The Morgan fingerprint density at radius 1 is 1.22 bits per heavy atom. The van der Waals surface area contributed by atoms with Crippen LogP contribution in [0.3, 0.4) is 0 Å². The largest absolute Gasteiger partial charge is 0.343 e. The average Bonchev–Trinajstić information content (AvgIpc) is 3.15. The van der Waals surface area contributed by atoms with E-state index in [-0.39, 0.29) is 22.7 Å². The van der Waals surface area contributed by atoms with Crippen LogP contribution in [0.4, 0.5) is 0 Å². The molecule has 0 aromatic carbocycles. The summed E-state index contributed by atoms with van der Waals surface area (Å²) in [7, 11) is 1.96. The number of tetrazole rings is 1. The highest BCUT2D eigenvalue weighted by molar-refractivity contribution is 7.99. The van der Waals surface area contributed by atoms with Gasteiger partial charge in [-0.1, -0.05) is 31.0 Å². The predicted molar refractivity (Wildman–Crippen MR) is 110 cm³/mol. The molecule has 3 atom stereocenters. The van der Waals surface area contributed by atoms with Gasteiger partial charge in [-0.2, -0.15) is 0 Å². The molecular weight excluding hydrogens is 405 g/mol. The summed E-state index contributed by atoms with van der Waals surface area (Å²) in [5, 5.41) is 13.0. The lowest BCUT2D eigenvalue weighted by Crippen LogP contribution is -2.38. The van der Waals surface area contributed by atoms with Crippen LogP contribution in [0.15, 0.2) is 5.16 Å². The Morgan fingerprint density at radius 2 is 2.00 bits per heavy atom. The molecule has 2 aliphatic rings. The van der Waals surface area contributed by atoms with Gasteiger partial charge in [-0.3, -0.25) is 4.79 Å². The zero-order valence-corrected chi connectivity index (χ0v) is 18.2. The minimum atomic E-state index is 0.00794. The van der Waals surface area contributed by atoms with Crippen LogP contribution in [0, 0.1) is 0 Å². The van der Waals surface area contributed by atoms with Gasteiger partial charge in [-0.05, 0) is 49.0 Å². The molecule has 1 aromatic heterocycles. The standard InChI is InChI=1S/C18H29Cl2N5OS/c1-24(14-6-3-2-4-7-14)17(26)8-5-11-27-18-21-22-23-25(18)16-12-13(19)9-10-15(16)20/h13-16H,2-12H2,1H3. The number of aromatic nitrogens is 4. The molecule has 1 aromatic rings. The Hall–Kier alpha value is -0.530. The van der Waals surface area contributed by atoms with E-state index in [0.717, 1.165) is 49.4 Å². The van der Waals surface area contributed by atoms with Crippen molar-refractivity contribution in [3.8, 4) is 0 Å². The SMILES string of the molecule is CN(C(=O)CCCSc1nnnn1C1CC(Cl)CCC1Cl)C1CCCCC1. The van der Waals surface area contributed by atoms with Gasteiger partial charge in [0.15, 0.2) is 0 Å². The molecule has 1 amide bonds. The third-order valence-corrected chi connectivity index (χ3v) is 7.65. The number of nitrogens with zero attached hydrogens (tertiary/aromatic N) is 5. The maximum Gasteiger partial charge on any atom is 0.222 e. The molecule has 27 heavy (non-hydrogen) atoms. The van der Waals surface area contributed by atoms with Crippen molar-refractivity contribution in [3.05, 3.63) is 0 Å². The van der Waals surface area contributed by atoms with Gasteiger partial charge in [-0.15, -0.1) is 28.3 Å². The third-order valence-electron chi connectivity index (χ3n) is 5.73. The number of hydrogen-bond acceptors (Lipinski definition) is 5. The summed E-state index contributed by atoms with van der Waals surface area (Å²) in [5.74, 6) is 1.06. The van der Waals surface area contributed by atoms with Gasteiger partial charge < -0.3 is 4.90 Å². The van der Waals surface area contributed by atoms with Crippen molar-refractivity contribution in [2.45, 2.75) is 92.2 Å². The monoisotopic (exact) mass is 433 g/mol. The summed E-state index contributed by atoms with van der Waals surface area (Å²) in [6, 6.07) is 0.473. The van der Waals surface area contributed by atoms with Crippen LogP contribution in [0.25, 0.3) is 0 Å². The van der Waals surface area contributed by atoms with E-state index >= 15 is 0 Å². The first-order chi connectivity index (χ1) is 13.1. The highest BCUT2D eigenvalue weighted by Gasteiger charge is 2.32. The molecular formula is C18H29Cl2N5OS. The quantitative estimate of drug-likeness (QED) is 0.364. The number of thioether (sulfide) groups is 1. The van der Waals surface area contributed by atoms with E-state index in [9.17, 15) is 4.79 Å². The van der Waals surface area contributed by atoms with E-state index in [4.69, 9.17) is 23.2 Å². The van der Waals surface area contributed by atoms with Crippen molar-refractivity contribution in [2.24, 2.45) is 0 Å². The molecule has 152 valence electrons. The van der Waals surface area contributed by atoms with Gasteiger partial charge >= 0.3 is 0 Å². The van der Waals surface area contributed by atoms with E-state index in [0.29, 0.717) is 12.5 Å². The number of rotatable bonds is 7. The van der Waals surface area contributed by atoms with Gasteiger partial charge in [0.05, 0.1) is 11.4 Å². The maximum atomic E-state index is 12.4. The van der Waals surface area contributed by atoms with Gasteiger partial charge in [0.2, 0.25) is 11.1 Å². The zero-order chi connectivity index (χ0) is 19.2. The molecule has 0 saturated heterocycles. The highest BCUT2D eigenvalue weighted by atomic mass is 35.5. The van der Waals surface area contributed by atoms with Crippen LogP contribution >= 0.6 is 35.0 Å². The number of amides is 1. The van der Waals surface area contributed by atoms with Crippen LogP contribution in [0.5, 0.6) is 0 Å². The van der Waals surface area contributed by atoms with Crippen molar-refractivity contribution < 1.29 is 4.79 Å². The summed E-state index contributed by atoms with van der Waals surface area (Å²) in [4.78, 5) is 14.4. The lowest BCUT2D eigenvalue weighted by molar-refractivity contribution is -0.132. The molecule has 0 spiro atoms. The Bertz CT molecular complexity index is 610. The van der Waals surface area contributed by atoms with E-state index in [1.807, 2.05) is 16.6 Å². The van der Waals surface area contributed by atoms with E-state index < -0.39 is 0 Å². The van der Waals surface area contributed by atoms with Crippen LogP contribution in [0.2, 0.25) is 0 Å². The third kappa shape index (κ3) is 5.73. The fourth-order valence-electron chi connectivity index (χ4n) is 4.04. The topological polar surface area (TPSA) is 63.9 Å². The van der Waals surface area contributed by atoms with Crippen LogP contribution in [-0.2, 0) is 4.79 Å². The van der Waals surface area contributed by atoms with Crippen LogP contribution < -0.4 is 0 Å². The number of halogens is 2. The summed E-state index contributed by atoms with van der Waals surface area (Å²) < 4.78 is 1.83. The summed E-state index contributed by atoms with van der Waals surface area (Å²) >= 11 is 14.4. The number of carbonyl (C=O) groups excluding carboxylic acids is 1. The number of hydrogen-bond donors (Lipinski definition) is 0. The molecule has 0 radical (unpaired) electrons. The Labute approximate surface area is 175 Å². The van der Waals surface area contributed by atoms with Crippen molar-refractivity contribution in [2.75, 3.05) is 12.8 Å². The Kier molecular flexibility index (Phi) is 8.09. The first-order valence-electron chi connectivity index (χ1n) is 10.0. The molecule has 1 heterocycles. The number of alkyl halides is 2. The normalized spacial score (nSPS) is 26.9. The van der Waals surface area contributed by atoms with E-state index in [1.165, 1.54) is 19.3 Å². The van der Waals surface area contributed by atoms with Gasteiger partial charge in [-0.25, -0.2) is 4.68 Å². The average molecular weight is 434 g/mol. The van der Waals surface area contributed by atoms with Gasteiger partial charge in [0, 0.05) is 30.6 Å². The van der Waals surface area contributed by atoms with Gasteiger partial charge in [0.1, 0.15) is 0 Å². The minimum absolute atomic E-state index is 0.00794. The van der Waals surface area contributed by atoms with Gasteiger partial charge in [0.25, 0.3) is 0 Å². The molecule has 3 unspecified atom stereocenters. The van der Waals surface area contributed by atoms with Crippen molar-refractivity contribution in [1.29, 1.82) is 0 Å². The molecule has 0 aliphatic heterocycles. The molecule has 3 rings (SSSR count). The van der Waals surface area contributed by atoms with Crippen molar-refractivity contribution in [3.63, 3.8) is 0 Å². The molecule has 9 heteroatoms.